The molecule has 0 aliphatic heterocycles. The van der Waals surface area contributed by atoms with E-state index in [1.807, 2.05) is 12.1 Å². The summed E-state index contributed by atoms with van der Waals surface area (Å²) in [5.74, 6) is 0.177. The van der Waals surface area contributed by atoms with Crippen molar-refractivity contribution in [3.05, 3.63) is 29.8 Å². The SMILES string of the molecule is CCNC(C)CCc1ccc(OCC(C)C(N)=O)cc1. The van der Waals surface area contributed by atoms with E-state index in [9.17, 15) is 4.79 Å². The Balaban J connectivity index is 2.38. The lowest BCUT2D eigenvalue weighted by molar-refractivity contribution is -0.122. The molecule has 20 heavy (non-hydrogen) atoms. The van der Waals surface area contributed by atoms with Crippen LogP contribution >= 0.6 is 0 Å². The Bertz CT molecular complexity index is 403. The van der Waals surface area contributed by atoms with Gasteiger partial charge in [-0.2, -0.15) is 0 Å². The van der Waals surface area contributed by atoms with Crippen molar-refractivity contribution in [3.63, 3.8) is 0 Å². The first-order valence-corrected chi connectivity index (χ1v) is 7.27. The minimum absolute atomic E-state index is 0.268. The van der Waals surface area contributed by atoms with E-state index in [1.165, 1.54) is 5.56 Å². The van der Waals surface area contributed by atoms with Crippen molar-refractivity contribution in [3.8, 4) is 5.75 Å². The number of nitrogens with two attached hydrogens (primary N) is 1. The lowest BCUT2D eigenvalue weighted by Gasteiger charge is -2.13. The van der Waals surface area contributed by atoms with Crippen molar-refractivity contribution in [2.75, 3.05) is 13.2 Å². The Labute approximate surface area is 121 Å². The zero-order valence-corrected chi connectivity index (χ0v) is 12.7. The molecular formula is C16H26N2O2. The summed E-state index contributed by atoms with van der Waals surface area (Å²) in [6.07, 6.45) is 2.17. The van der Waals surface area contributed by atoms with Gasteiger partial charge in [-0.25, -0.2) is 0 Å². The van der Waals surface area contributed by atoms with Crippen LogP contribution in [0.3, 0.4) is 0 Å². The first-order valence-electron chi connectivity index (χ1n) is 7.27. The first-order chi connectivity index (χ1) is 9.52. The smallest absolute Gasteiger partial charge is 0.223 e. The number of aryl methyl sites for hydroxylation is 1. The predicted molar refractivity (Wildman–Crippen MR) is 81.8 cm³/mol. The fourth-order valence-electron chi connectivity index (χ4n) is 1.89. The van der Waals surface area contributed by atoms with Crippen LogP contribution in [0.25, 0.3) is 0 Å². The highest BCUT2D eigenvalue weighted by Crippen LogP contribution is 2.15. The van der Waals surface area contributed by atoms with Gasteiger partial charge in [0.15, 0.2) is 0 Å². The summed E-state index contributed by atoms with van der Waals surface area (Å²) in [6.45, 7) is 7.42. The van der Waals surface area contributed by atoms with Crippen LogP contribution in [-0.2, 0) is 11.2 Å². The molecular weight excluding hydrogens is 252 g/mol. The second kappa shape index (κ2) is 8.59. The average molecular weight is 278 g/mol. The second-order valence-electron chi connectivity index (χ2n) is 5.26. The third-order valence-corrected chi connectivity index (χ3v) is 3.33. The molecule has 112 valence electrons. The minimum atomic E-state index is -0.334. The molecule has 1 rings (SSSR count). The third-order valence-electron chi connectivity index (χ3n) is 3.33. The van der Waals surface area contributed by atoms with Crippen LogP contribution in [0.5, 0.6) is 5.75 Å². The lowest BCUT2D eigenvalue weighted by Crippen LogP contribution is -2.26. The number of rotatable bonds is 9. The molecule has 0 saturated heterocycles. The maximum atomic E-state index is 10.9. The predicted octanol–water partition coefficient (Wildman–Crippen LogP) is 2.12. The van der Waals surface area contributed by atoms with E-state index in [1.54, 1.807) is 6.92 Å². The Morgan fingerprint density at radius 1 is 1.30 bits per heavy atom. The number of primary amides is 1. The van der Waals surface area contributed by atoms with E-state index >= 15 is 0 Å². The zero-order valence-electron chi connectivity index (χ0n) is 12.7. The largest absolute Gasteiger partial charge is 0.493 e. The number of hydrogen-bond acceptors (Lipinski definition) is 3. The molecule has 4 nitrogen and oxygen atoms in total. The molecule has 4 heteroatoms. The number of carbonyl (C=O) groups is 1. The van der Waals surface area contributed by atoms with Crippen LogP contribution in [0, 0.1) is 5.92 Å². The molecule has 0 spiro atoms. The van der Waals surface area contributed by atoms with E-state index in [2.05, 4.69) is 31.3 Å². The van der Waals surface area contributed by atoms with Crippen molar-refractivity contribution in [2.45, 2.75) is 39.7 Å². The highest BCUT2D eigenvalue weighted by atomic mass is 16.5. The van der Waals surface area contributed by atoms with E-state index < -0.39 is 0 Å². The number of benzene rings is 1. The van der Waals surface area contributed by atoms with E-state index in [0.717, 1.165) is 25.1 Å². The second-order valence-corrected chi connectivity index (χ2v) is 5.26. The molecule has 1 aromatic rings. The fourth-order valence-corrected chi connectivity index (χ4v) is 1.89. The van der Waals surface area contributed by atoms with Gasteiger partial charge in [0, 0.05) is 6.04 Å². The summed E-state index contributed by atoms with van der Waals surface area (Å²) in [4.78, 5) is 10.9. The molecule has 0 fully saturated rings. The molecule has 0 aliphatic rings. The van der Waals surface area contributed by atoms with Crippen molar-refractivity contribution >= 4 is 5.91 Å². The molecule has 1 amide bonds. The van der Waals surface area contributed by atoms with E-state index in [0.29, 0.717) is 12.6 Å². The molecule has 0 aromatic heterocycles. The average Bonchev–Trinajstić information content (AvgIpc) is 2.43. The highest BCUT2D eigenvalue weighted by Gasteiger charge is 2.09. The number of ether oxygens (including phenoxy) is 1. The maximum Gasteiger partial charge on any atom is 0.223 e. The molecule has 1 aromatic carbocycles. The van der Waals surface area contributed by atoms with Gasteiger partial charge in [-0.1, -0.05) is 26.0 Å². The summed E-state index contributed by atoms with van der Waals surface area (Å²) in [6, 6.07) is 8.57. The maximum absolute atomic E-state index is 10.9. The van der Waals surface area contributed by atoms with Crippen LogP contribution < -0.4 is 15.8 Å². The van der Waals surface area contributed by atoms with Gasteiger partial charge in [0.25, 0.3) is 0 Å². The monoisotopic (exact) mass is 278 g/mol. The highest BCUT2D eigenvalue weighted by molar-refractivity contribution is 5.76. The fraction of sp³-hybridized carbons (Fsp3) is 0.562. The number of hydrogen-bond donors (Lipinski definition) is 2. The Morgan fingerprint density at radius 3 is 2.50 bits per heavy atom. The summed E-state index contributed by atoms with van der Waals surface area (Å²) < 4.78 is 5.54. The van der Waals surface area contributed by atoms with Crippen LogP contribution in [0.15, 0.2) is 24.3 Å². The van der Waals surface area contributed by atoms with Gasteiger partial charge >= 0.3 is 0 Å². The molecule has 2 unspecified atom stereocenters. The summed E-state index contributed by atoms with van der Waals surface area (Å²) in [5.41, 5.74) is 6.49. The summed E-state index contributed by atoms with van der Waals surface area (Å²) in [7, 11) is 0. The van der Waals surface area contributed by atoms with Gasteiger partial charge in [0.05, 0.1) is 12.5 Å². The molecule has 2 atom stereocenters. The van der Waals surface area contributed by atoms with Crippen LogP contribution in [0.4, 0.5) is 0 Å². The van der Waals surface area contributed by atoms with Crippen LogP contribution in [0.2, 0.25) is 0 Å². The third kappa shape index (κ3) is 6.06. The van der Waals surface area contributed by atoms with Crippen molar-refractivity contribution in [1.29, 1.82) is 0 Å². The summed E-state index contributed by atoms with van der Waals surface area (Å²) >= 11 is 0. The number of carbonyl (C=O) groups excluding carboxylic acids is 1. The molecule has 0 aliphatic carbocycles. The minimum Gasteiger partial charge on any atom is -0.493 e. The van der Waals surface area contributed by atoms with Gasteiger partial charge in [0.1, 0.15) is 5.75 Å². The van der Waals surface area contributed by atoms with Crippen molar-refractivity contribution < 1.29 is 9.53 Å². The van der Waals surface area contributed by atoms with E-state index in [-0.39, 0.29) is 11.8 Å². The van der Waals surface area contributed by atoms with Gasteiger partial charge in [0.2, 0.25) is 5.91 Å². The molecule has 0 saturated carbocycles. The Hall–Kier alpha value is -1.55. The van der Waals surface area contributed by atoms with Gasteiger partial charge in [-0.3, -0.25) is 4.79 Å². The molecule has 0 heterocycles. The van der Waals surface area contributed by atoms with E-state index in [4.69, 9.17) is 10.5 Å². The number of nitrogens with one attached hydrogen (secondary N) is 1. The number of amides is 1. The molecule has 0 radical (unpaired) electrons. The topological polar surface area (TPSA) is 64.3 Å². The van der Waals surface area contributed by atoms with Crippen LogP contribution in [-0.4, -0.2) is 25.1 Å². The van der Waals surface area contributed by atoms with Gasteiger partial charge in [-0.15, -0.1) is 0 Å². The molecule has 3 N–H and O–H groups in total. The van der Waals surface area contributed by atoms with Gasteiger partial charge < -0.3 is 15.8 Å². The molecule has 0 bridgehead atoms. The first kappa shape index (κ1) is 16.5. The normalized spacial score (nSPS) is 13.8. The van der Waals surface area contributed by atoms with Crippen LogP contribution in [0.1, 0.15) is 32.8 Å². The Morgan fingerprint density at radius 2 is 1.95 bits per heavy atom. The standard InChI is InChI=1S/C16H26N2O2/c1-4-18-13(3)5-6-14-7-9-15(10-8-14)20-11-12(2)16(17)19/h7-10,12-13,18H,4-6,11H2,1-3H3,(H2,17,19). The van der Waals surface area contributed by atoms with Crippen molar-refractivity contribution in [1.82, 2.24) is 5.32 Å². The van der Waals surface area contributed by atoms with Gasteiger partial charge in [-0.05, 0) is 44.0 Å². The summed E-state index contributed by atoms with van der Waals surface area (Å²) in [5, 5.41) is 3.40. The Kier molecular flexibility index (Phi) is 7.09. The van der Waals surface area contributed by atoms with Crippen molar-refractivity contribution in [2.24, 2.45) is 11.7 Å². The zero-order chi connectivity index (χ0) is 15.0. The quantitative estimate of drug-likeness (QED) is 0.727. The lowest BCUT2D eigenvalue weighted by atomic mass is 10.1.